The molecule has 0 saturated carbocycles. The van der Waals surface area contributed by atoms with Crippen molar-refractivity contribution in [3.05, 3.63) is 64.5 Å². The van der Waals surface area contributed by atoms with Crippen molar-refractivity contribution in [3.8, 4) is 0 Å². The van der Waals surface area contributed by atoms with Crippen LogP contribution in [0.15, 0.2) is 53.4 Å². The van der Waals surface area contributed by atoms with Crippen LogP contribution in [0, 0.1) is 6.92 Å². The molecule has 146 valence electrons. The molecule has 2 rings (SSSR count). The molecule has 4 heteroatoms. The smallest absolute Gasteiger partial charge is 0.125 e. The van der Waals surface area contributed by atoms with Crippen molar-refractivity contribution >= 4 is 11.9 Å². The number of unbranched alkanes of at least 4 members (excludes halogenated alkanes) is 1. The zero-order valence-corrected chi connectivity index (χ0v) is 17.2. The quantitative estimate of drug-likeness (QED) is 0.581. The van der Waals surface area contributed by atoms with Crippen molar-refractivity contribution < 1.29 is 5.11 Å². The molecule has 27 heavy (non-hydrogen) atoms. The van der Waals surface area contributed by atoms with E-state index in [9.17, 15) is 5.11 Å². The minimum atomic E-state index is -0.374. The van der Waals surface area contributed by atoms with Crippen molar-refractivity contribution in [1.82, 2.24) is 10.3 Å². The van der Waals surface area contributed by atoms with E-state index in [-0.39, 0.29) is 12.1 Å². The Bertz CT molecular complexity index is 759. The lowest BCUT2D eigenvalue weighted by Crippen LogP contribution is -2.37. The predicted octanol–water partition coefficient (Wildman–Crippen LogP) is 4.74. The Morgan fingerprint density at radius 2 is 2.15 bits per heavy atom. The summed E-state index contributed by atoms with van der Waals surface area (Å²) in [5.41, 5.74) is 5.77. The molecule has 0 fully saturated rings. The maximum atomic E-state index is 10.1. The molecule has 1 aromatic heterocycles. The molecule has 0 radical (unpaired) electrons. The summed E-state index contributed by atoms with van der Waals surface area (Å²) in [5.74, 6) is 0.874. The van der Waals surface area contributed by atoms with Crippen LogP contribution in [0.25, 0.3) is 6.08 Å². The van der Waals surface area contributed by atoms with Crippen LogP contribution in [0.4, 0.5) is 5.82 Å². The van der Waals surface area contributed by atoms with Crippen LogP contribution in [0.1, 0.15) is 51.2 Å². The summed E-state index contributed by atoms with van der Waals surface area (Å²) >= 11 is 0. The van der Waals surface area contributed by atoms with Crippen LogP contribution in [0.3, 0.4) is 0 Å². The van der Waals surface area contributed by atoms with E-state index in [1.54, 1.807) is 0 Å². The molecule has 0 spiro atoms. The minimum absolute atomic E-state index is 0.0297. The normalized spacial score (nSPS) is 18.7. The summed E-state index contributed by atoms with van der Waals surface area (Å²) in [6.07, 6.45) is 15.2. The first-order chi connectivity index (χ1) is 13.0. The molecule has 2 atom stereocenters. The Balaban J connectivity index is 2.38. The van der Waals surface area contributed by atoms with E-state index in [0.29, 0.717) is 0 Å². The van der Waals surface area contributed by atoms with Gasteiger partial charge in [0.1, 0.15) is 5.82 Å². The van der Waals surface area contributed by atoms with Gasteiger partial charge in [0, 0.05) is 25.0 Å². The summed E-state index contributed by atoms with van der Waals surface area (Å²) in [6.45, 7) is 8.39. The number of aromatic nitrogens is 1. The molecular formula is C23H33N3O. The van der Waals surface area contributed by atoms with Crippen molar-refractivity contribution in [2.45, 2.75) is 59.1 Å². The van der Waals surface area contributed by atoms with Gasteiger partial charge in [0.2, 0.25) is 0 Å². The molecule has 1 aliphatic rings. The van der Waals surface area contributed by atoms with E-state index >= 15 is 0 Å². The first kappa shape index (κ1) is 21.0. The van der Waals surface area contributed by atoms with Gasteiger partial charge in [-0.15, -0.1) is 0 Å². The SMILES string of the molecule is CCC/C=C/C(=C\c1cnc(NC)cc1C)C1=CNC(C(O)CC)C=C1C. The largest absolute Gasteiger partial charge is 0.391 e. The number of dihydropyridines is 1. The van der Waals surface area contributed by atoms with Gasteiger partial charge < -0.3 is 15.7 Å². The highest BCUT2D eigenvalue weighted by Gasteiger charge is 2.19. The number of aryl methyl sites for hydroxylation is 1. The second kappa shape index (κ2) is 10.1. The maximum absolute atomic E-state index is 10.1. The van der Waals surface area contributed by atoms with Gasteiger partial charge in [0.05, 0.1) is 12.1 Å². The lowest BCUT2D eigenvalue weighted by molar-refractivity contribution is 0.146. The standard InChI is InChI=1S/C23H33N3O/c1-6-8-9-10-18(13-19-14-26-23(24-5)12-16(19)3)20-15-25-21(11-17(20)4)22(27)7-2/h9-15,21-22,25,27H,6-8H2,1-5H3,(H,24,26)/b10-9+,18-13+. The molecule has 0 aromatic carbocycles. The van der Waals surface area contributed by atoms with E-state index in [4.69, 9.17) is 0 Å². The molecular weight excluding hydrogens is 334 g/mol. The molecule has 0 aliphatic carbocycles. The molecule has 2 unspecified atom stereocenters. The second-order valence-corrected chi connectivity index (χ2v) is 7.04. The van der Waals surface area contributed by atoms with Gasteiger partial charge >= 0.3 is 0 Å². The topological polar surface area (TPSA) is 57.2 Å². The zero-order valence-electron chi connectivity index (χ0n) is 17.2. The minimum Gasteiger partial charge on any atom is -0.391 e. The fourth-order valence-corrected chi connectivity index (χ4v) is 3.10. The Hall–Kier alpha value is -2.33. The molecule has 0 amide bonds. The lowest BCUT2D eigenvalue weighted by atomic mass is 9.91. The van der Waals surface area contributed by atoms with Crippen LogP contribution in [-0.4, -0.2) is 29.3 Å². The van der Waals surface area contributed by atoms with Crippen LogP contribution in [0.5, 0.6) is 0 Å². The van der Waals surface area contributed by atoms with Crippen molar-refractivity contribution in [2.75, 3.05) is 12.4 Å². The van der Waals surface area contributed by atoms with Crippen molar-refractivity contribution in [3.63, 3.8) is 0 Å². The summed E-state index contributed by atoms with van der Waals surface area (Å²) in [7, 11) is 1.88. The number of aliphatic hydroxyl groups excluding tert-OH is 1. The molecule has 3 N–H and O–H groups in total. The number of nitrogens with zero attached hydrogens (tertiary/aromatic N) is 1. The molecule has 0 saturated heterocycles. The maximum Gasteiger partial charge on any atom is 0.125 e. The van der Waals surface area contributed by atoms with Crippen molar-refractivity contribution in [1.29, 1.82) is 0 Å². The summed E-state index contributed by atoms with van der Waals surface area (Å²) in [6, 6.07) is 2.03. The van der Waals surface area contributed by atoms with Crippen LogP contribution in [-0.2, 0) is 0 Å². The van der Waals surface area contributed by atoms with Gasteiger partial charge in [0.15, 0.2) is 0 Å². The Morgan fingerprint density at radius 1 is 1.37 bits per heavy atom. The predicted molar refractivity (Wildman–Crippen MR) is 116 cm³/mol. The fourth-order valence-electron chi connectivity index (χ4n) is 3.10. The van der Waals surface area contributed by atoms with Gasteiger partial charge in [-0.2, -0.15) is 0 Å². The molecule has 1 aliphatic heterocycles. The highest BCUT2D eigenvalue weighted by molar-refractivity contribution is 5.68. The zero-order chi connectivity index (χ0) is 19.8. The van der Waals surface area contributed by atoms with Crippen molar-refractivity contribution in [2.24, 2.45) is 0 Å². The third-order valence-electron chi connectivity index (χ3n) is 4.89. The average molecular weight is 368 g/mol. The van der Waals surface area contributed by atoms with E-state index in [2.05, 4.69) is 66.8 Å². The van der Waals surface area contributed by atoms with Gasteiger partial charge in [-0.1, -0.05) is 38.5 Å². The number of nitrogens with one attached hydrogen (secondary N) is 2. The number of hydrogen-bond donors (Lipinski definition) is 3. The van der Waals surface area contributed by atoms with Gasteiger partial charge in [-0.25, -0.2) is 4.98 Å². The summed E-state index contributed by atoms with van der Waals surface area (Å²) in [4.78, 5) is 4.46. The number of hydrogen-bond acceptors (Lipinski definition) is 4. The van der Waals surface area contributed by atoms with E-state index < -0.39 is 0 Å². The van der Waals surface area contributed by atoms with Gasteiger partial charge in [0.25, 0.3) is 0 Å². The Labute approximate surface area is 163 Å². The van der Waals surface area contributed by atoms with E-state index in [1.165, 1.54) is 11.1 Å². The number of rotatable bonds is 8. The summed E-state index contributed by atoms with van der Waals surface area (Å²) < 4.78 is 0. The number of anilines is 1. The summed E-state index contributed by atoms with van der Waals surface area (Å²) in [5, 5.41) is 16.6. The van der Waals surface area contributed by atoms with Crippen LogP contribution in [0.2, 0.25) is 0 Å². The molecule has 4 nitrogen and oxygen atoms in total. The monoisotopic (exact) mass is 367 g/mol. The first-order valence-electron chi connectivity index (χ1n) is 9.86. The average Bonchev–Trinajstić information content (AvgIpc) is 2.68. The number of pyridine rings is 1. The Morgan fingerprint density at radius 3 is 2.74 bits per heavy atom. The fraction of sp³-hybridized carbons (Fsp3) is 0.435. The molecule has 0 bridgehead atoms. The Kier molecular flexibility index (Phi) is 7.86. The van der Waals surface area contributed by atoms with Crippen LogP contribution < -0.4 is 10.6 Å². The third-order valence-corrected chi connectivity index (χ3v) is 4.89. The van der Waals surface area contributed by atoms with E-state index in [0.717, 1.165) is 41.8 Å². The van der Waals surface area contributed by atoms with Gasteiger partial charge in [-0.3, -0.25) is 0 Å². The molecule has 2 heterocycles. The highest BCUT2D eigenvalue weighted by Crippen LogP contribution is 2.27. The lowest BCUT2D eigenvalue weighted by Gasteiger charge is -2.26. The molecule has 1 aromatic rings. The third kappa shape index (κ3) is 5.57. The van der Waals surface area contributed by atoms with E-state index in [1.807, 2.05) is 26.4 Å². The van der Waals surface area contributed by atoms with Crippen LogP contribution >= 0.6 is 0 Å². The van der Waals surface area contributed by atoms with Gasteiger partial charge in [-0.05, 0) is 61.1 Å². The number of aliphatic hydroxyl groups is 1. The second-order valence-electron chi connectivity index (χ2n) is 7.04. The highest BCUT2D eigenvalue weighted by atomic mass is 16.3. The number of allylic oxidation sites excluding steroid dienone is 5. The first-order valence-corrected chi connectivity index (χ1v) is 9.86.